The zero-order valence-electron chi connectivity index (χ0n) is 8.75. The molecule has 3 rings (SSSR count). The maximum atomic E-state index is 5.70. The highest BCUT2D eigenvalue weighted by Crippen LogP contribution is 2.17. The van der Waals surface area contributed by atoms with Crippen molar-refractivity contribution in [1.29, 1.82) is 0 Å². The van der Waals surface area contributed by atoms with Gasteiger partial charge in [-0.1, -0.05) is 0 Å². The molecule has 1 aliphatic heterocycles. The number of nitrogens with two attached hydrogens (primary N) is 1. The molecule has 16 heavy (non-hydrogen) atoms. The summed E-state index contributed by atoms with van der Waals surface area (Å²) >= 11 is 0. The van der Waals surface area contributed by atoms with Crippen molar-refractivity contribution in [2.75, 3.05) is 24.1 Å². The van der Waals surface area contributed by atoms with Crippen molar-refractivity contribution in [3.63, 3.8) is 0 Å². The predicted molar refractivity (Wildman–Crippen MR) is 63.9 cm³/mol. The number of fused-ring (bicyclic) bond motifs is 1. The number of nitrogens with one attached hydrogen (secondary N) is 4. The number of hydrogen-bond donors (Lipinski definition) is 5. The highest BCUT2D eigenvalue weighted by atomic mass is 15.4. The van der Waals surface area contributed by atoms with Crippen LogP contribution in [0.25, 0.3) is 11.0 Å². The second-order valence-electron chi connectivity index (χ2n) is 3.85. The lowest BCUT2D eigenvalue weighted by molar-refractivity contribution is 0.616. The lowest BCUT2D eigenvalue weighted by atomic mass is 10.3. The summed E-state index contributed by atoms with van der Waals surface area (Å²) in [7, 11) is 0. The van der Waals surface area contributed by atoms with Crippen molar-refractivity contribution in [2.24, 2.45) is 0 Å². The van der Waals surface area contributed by atoms with E-state index in [2.05, 4.69) is 25.9 Å². The summed E-state index contributed by atoms with van der Waals surface area (Å²) in [4.78, 5) is 7.60. The van der Waals surface area contributed by atoms with Crippen LogP contribution in [0.5, 0.6) is 0 Å². The van der Waals surface area contributed by atoms with Crippen LogP contribution in [0.3, 0.4) is 0 Å². The standard InChI is InChI=1S/C10H14N6/c11-6-1-2-7-8(5-6)15-10(14-7)16-9-12-3-4-13-9/h1-2,5,9,12-13H,3-4,11H2,(H2,14,15,16). The molecule has 2 aromatic rings. The minimum atomic E-state index is 0.0814. The molecular formula is C10H14N6. The number of anilines is 2. The Morgan fingerprint density at radius 3 is 2.94 bits per heavy atom. The van der Waals surface area contributed by atoms with E-state index < -0.39 is 0 Å². The Balaban J connectivity index is 1.86. The third-order valence-corrected chi connectivity index (χ3v) is 2.61. The van der Waals surface area contributed by atoms with E-state index in [4.69, 9.17) is 5.73 Å². The van der Waals surface area contributed by atoms with Gasteiger partial charge in [0.05, 0.1) is 11.0 Å². The molecule has 84 valence electrons. The van der Waals surface area contributed by atoms with Gasteiger partial charge in [-0.2, -0.15) is 0 Å². The van der Waals surface area contributed by atoms with Gasteiger partial charge in [-0.3, -0.25) is 10.6 Å². The van der Waals surface area contributed by atoms with E-state index >= 15 is 0 Å². The van der Waals surface area contributed by atoms with Crippen molar-refractivity contribution in [2.45, 2.75) is 6.29 Å². The van der Waals surface area contributed by atoms with Gasteiger partial charge in [0.25, 0.3) is 0 Å². The van der Waals surface area contributed by atoms with E-state index in [-0.39, 0.29) is 6.29 Å². The van der Waals surface area contributed by atoms with Gasteiger partial charge in [0, 0.05) is 18.8 Å². The monoisotopic (exact) mass is 218 g/mol. The average Bonchev–Trinajstić information content (AvgIpc) is 2.86. The number of aromatic amines is 1. The maximum Gasteiger partial charge on any atom is 0.203 e. The normalized spacial score (nSPS) is 17.0. The lowest BCUT2D eigenvalue weighted by Crippen LogP contribution is -2.39. The fraction of sp³-hybridized carbons (Fsp3) is 0.300. The first-order valence-corrected chi connectivity index (χ1v) is 5.30. The number of imidazole rings is 1. The molecule has 0 spiro atoms. The van der Waals surface area contributed by atoms with Gasteiger partial charge in [-0.05, 0) is 18.2 Å². The van der Waals surface area contributed by atoms with E-state index in [0.717, 1.165) is 35.8 Å². The summed E-state index contributed by atoms with van der Waals surface area (Å²) in [5.74, 6) is 0.743. The Morgan fingerprint density at radius 2 is 2.12 bits per heavy atom. The van der Waals surface area contributed by atoms with Crippen LogP contribution in [0, 0.1) is 0 Å². The van der Waals surface area contributed by atoms with Gasteiger partial charge in [0.1, 0.15) is 6.29 Å². The van der Waals surface area contributed by atoms with E-state index in [1.54, 1.807) is 0 Å². The molecule has 0 atom stereocenters. The zero-order chi connectivity index (χ0) is 11.0. The summed E-state index contributed by atoms with van der Waals surface area (Å²) < 4.78 is 0. The van der Waals surface area contributed by atoms with Crippen LogP contribution >= 0.6 is 0 Å². The predicted octanol–water partition coefficient (Wildman–Crippen LogP) is 0.0334. The Labute approximate surface area is 92.6 Å². The van der Waals surface area contributed by atoms with Crippen LogP contribution in [-0.4, -0.2) is 29.3 Å². The minimum Gasteiger partial charge on any atom is -0.399 e. The molecule has 0 radical (unpaired) electrons. The number of rotatable bonds is 2. The number of benzene rings is 1. The molecule has 6 N–H and O–H groups in total. The first-order chi connectivity index (χ1) is 7.81. The second kappa shape index (κ2) is 3.66. The molecule has 6 heteroatoms. The van der Waals surface area contributed by atoms with E-state index in [1.165, 1.54) is 0 Å². The molecule has 1 aliphatic rings. The fourth-order valence-electron chi connectivity index (χ4n) is 1.84. The van der Waals surface area contributed by atoms with Crippen LogP contribution < -0.4 is 21.7 Å². The maximum absolute atomic E-state index is 5.70. The Kier molecular flexibility index (Phi) is 2.16. The van der Waals surface area contributed by atoms with Crippen molar-refractivity contribution < 1.29 is 0 Å². The van der Waals surface area contributed by atoms with Crippen molar-refractivity contribution in [1.82, 2.24) is 20.6 Å². The Hall–Kier alpha value is -1.79. The fourth-order valence-corrected chi connectivity index (χ4v) is 1.84. The van der Waals surface area contributed by atoms with Crippen molar-refractivity contribution in [3.8, 4) is 0 Å². The topological polar surface area (TPSA) is 90.8 Å². The Bertz CT molecular complexity index is 499. The van der Waals surface area contributed by atoms with Gasteiger partial charge in [0.15, 0.2) is 0 Å². The van der Waals surface area contributed by atoms with E-state index in [0.29, 0.717) is 0 Å². The first kappa shape index (κ1) is 9.44. The third kappa shape index (κ3) is 1.68. The van der Waals surface area contributed by atoms with Gasteiger partial charge >= 0.3 is 0 Å². The van der Waals surface area contributed by atoms with Crippen LogP contribution in [0.1, 0.15) is 0 Å². The van der Waals surface area contributed by atoms with Gasteiger partial charge in [-0.15, -0.1) is 0 Å². The van der Waals surface area contributed by atoms with E-state index in [1.807, 2.05) is 18.2 Å². The summed E-state index contributed by atoms with van der Waals surface area (Å²) in [5.41, 5.74) is 8.28. The quantitative estimate of drug-likeness (QED) is 0.459. The first-order valence-electron chi connectivity index (χ1n) is 5.30. The van der Waals surface area contributed by atoms with Gasteiger partial charge in [-0.25, -0.2) is 4.98 Å². The lowest BCUT2D eigenvalue weighted by Gasteiger charge is -2.11. The summed E-state index contributed by atoms with van der Waals surface area (Å²) in [6, 6.07) is 5.64. The summed E-state index contributed by atoms with van der Waals surface area (Å²) in [5, 5.41) is 9.73. The highest BCUT2D eigenvalue weighted by Gasteiger charge is 2.13. The molecule has 2 heterocycles. The number of nitrogens with zero attached hydrogens (tertiary/aromatic N) is 1. The molecule has 0 unspecified atom stereocenters. The molecule has 0 bridgehead atoms. The number of nitrogen functional groups attached to an aromatic ring is 1. The SMILES string of the molecule is Nc1ccc2[nH]c(NC3NCCN3)nc2c1. The average molecular weight is 218 g/mol. The Morgan fingerprint density at radius 1 is 1.31 bits per heavy atom. The van der Waals surface area contributed by atoms with Gasteiger partial charge in [0.2, 0.25) is 5.95 Å². The second-order valence-corrected chi connectivity index (χ2v) is 3.85. The van der Waals surface area contributed by atoms with Crippen molar-refractivity contribution >= 4 is 22.7 Å². The number of aromatic nitrogens is 2. The summed E-state index contributed by atoms with van der Waals surface area (Å²) in [6.45, 7) is 1.93. The van der Waals surface area contributed by atoms with Gasteiger partial charge < -0.3 is 16.0 Å². The van der Waals surface area contributed by atoms with E-state index in [9.17, 15) is 0 Å². The third-order valence-electron chi connectivity index (χ3n) is 2.61. The molecule has 1 aromatic carbocycles. The molecule has 0 saturated carbocycles. The van der Waals surface area contributed by atoms with Crippen LogP contribution in [0.4, 0.5) is 11.6 Å². The molecule has 1 saturated heterocycles. The van der Waals surface area contributed by atoms with Crippen LogP contribution in [0.15, 0.2) is 18.2 Å². The van der Waals surface area contributed by atoms with Crippen molar-refractivity contribution in [3.05, 3.63) is 18.2 Å². The number of H-pyrrole nitrogens is 1. The molecule has 0 aliphatic carbocycles. The molecule has 0 amide bonds. The summed E-state index contributed by atoms with van der Waals surface area (Å²) in [6.07, 6.45) is 0.0814. The molecule has 1 aromatic heterocycles. The molecular weight excluding hydrogens is 204 g/mol. The highest BCUT2D eigenvalue weighted by molar-refractivity contribution is 5.80. The largest absolute Gasteiger partial charge is 0.399 e. The molecule has 1 fully saturated rings. The molecule has 6 nitrogen and oxygen atoms in total. The smallest absolute Gasteiger partial charge is 0.203 e. The number of hydrogen-bond acceptors (Lipinski definition) is 5. The zero-order valence-corrected chi connectivity index (χ0v) is 8.75. The van der Waals surface area contributed by atoms with Crippen LogP contribution in [0.2, 0.25) is 0 Å². The minimum absolute atomic E-state index is 0.0814. The van der Waals surface area contributed by atoms with Crippen LogP contribution in [-0.2, 0) is 0 Å².